The molecule has 0 N–H and O–H groups in total. The fourth-order valence-corrected chi connectivity index (χ4v) is 2.82. The topological polar surface area (TPSA) is 46.6 Å². The Morgan fingerprint density at radius 3 is 2.08 bits per heavy atom. The Balaban J connectivity index is 2.13. The van der Waals surface area contributed by atoms with Crippen LogP contribution in [0.4, 0.5) is 5.69 Å². The third-order valence-electron chi connectivity index (χ3n) is 3.99. The summed E-state index contributed by atoms with van der Waals surface area (Å²) in [6.45, 7) is 7.33. The first-order valence-electron chi connectivity index (χ1n) is 7.92. The average Bonchev–Trinajstić information content (AvgIpc) is 2.53. The number of likely N-dealkylation sites (N-methyl/N-ethyl adjacent to an activating group) is 1. The van der Waals surface area contributed by atoms with Gasteiger partial charge in [0.25, 0.3) is 5.91 Å². The van der Waals surface area contributed by atoms with Gasteiger partial charge in [-0.25, -0.2) is 4.79 Å². The number of carbonyl (C=O) groups is 2. The molecule has 0 radical (unpaired) electrons. The lowest BCUT2D eigenvalue weighted by Gasteiger charge is -2.22. The minimum Gasteiger partial charge on any atom is -0.449 e. The maximum Gasteiger partial charge on any atom is 0.339 e. The van der Waals surface area contributed by atoms with E-state index in [0.717, 1.165) is 22.4 Å². The van der Waals surface area contributed by atoms with E-state index in [9.17, 15) is 9.59 Å². The number of ether oxygens (including phenoxy) is 1. The van der Waals surface area contributed by atoms with Crippen molar-refractivity contribution in [3.05, 3.63) is 64.7 Å². The molecule has 0 spiro atoms. The normalized spacial score (nSPS) is 11.7. The number of amides is 1. The van der Waals surface area contributed by atoms with E-state index in [-0.39, 0.29) is 5.91 Å². The summed E-state index contributed by atoms with van der Waals surface area (Å²) >= 11 is 0. The fraction of sp³-hybridized carbons (Fsp3) is 0.300. The molecule has 1 atom stereocenters. The van der Waals surface area contributed by atoms with Crippen LogP contribution < -0.4 is 4.90 Å². The summed E-state index contributed by atoms with van der Waals surface area (Å²) < 4.78 is 5.41. The molecule has 1 unspecified atom stereocenters. The molecule has 24 heavy (non-hydrogen) atoms. The highest BCUT2D eigenvalue weighted by atomic mass is 16.5. The van der Waals surface area contributed by atoms with Crippen LogP contribution in [0.2, 0.25) is 0 Å². The molecule has 1 amide bonds. The molecule has 0 aliphatic carbocycles. The van der Waals surface area contributed by atoms with E-state index in [1.165, 1.54) is 4.90 Å². The van der Waals surface area contributed by atoms with E-state index < -0.39 is 12.1 Å². The van der Waals surface area contributed by atoms with Crippen LogP contribution >= 0.6 is 0 Å². The lowest BCUT2D eigenvalue weighted by atomic mass is 10.00. The minimum atomic E-state index is -0.859. The summed E-state index contributed by atoms with van der Waals surface area (Å²) in [6, 6.07) is 13.1. The van der Waals surface area contributed by atoms with Gasteiger partial charge in [0.2, 0.25) is 0 Å². The molecule has 126 valence electrons. The lowest BCUT2D eigenvalue weighted by Crippen LogP contribution is -2.37. The van der Waals surface area contributed by atoms with Crippen molar-refractivity contribution in [1.82, 2.24) is 0 Å². The van der Waals surface area contributed by atoms with Crippen molar-refractivity contribution in [3.63, 3.8) is 0 Å². The van der Waals surface area contributed by atoms with Crippen molar-refractivity contribution in [2.75, 3.05) is 11.9 Å². The van der Waals surface area contributed by atoms with Crippen LogP contribution in [0.5, 0.6) is 0 Å². The zero-order chi connectivity index (χ0) is 17.9. The van der Waals surface area contributed by atoms with Gasteiger partial charge in [-0.1, -0.05) is 35.9 Å². The van der Waals surface area contributed by atoms with Gasteiger partial charge in [0.15, 0.2) is 6.10 Å². The van der Waals surface area contributed by atoms with Crippen molar-refractivity contribution in [2.24, 2.45) is 0 Å². The smallest absolute Gasteiger partial charge is 0.339 e. The van der Waals surface area contributed by atoms with Gasteiger partial charge in [-0.3, -0.25) is 4.79 Å². The summed E-state index contributed by atoms with van der Waals surface area (Å²) in [7, 11) is 1.67. The summed E-state index contributed by atoms with van der Waals surface area (Å²) in [5.41, 5.74) is 4.09. The number of carbonyl (C=O) groups excluding carboxylic acids is 2. The van der Waals surface area contributed by atoms with E-state index in [2.05, 4.69) is 0 Å². The Morgan fingerprint density at radius 2 is 1.54 bits per heavy atom. The van der Waals surface area contributed by atoms with Gasteiger partial charge < -0.3 is 9.64 Å². The molecular weight excluding hydrogens is 302 g/mol. The molecule has 2 aromatic rings. The maximum absolute atomic E-state index is 12.5. The van der Waals surface area contributed by atoms with Crippen LogP contribution in [0.25, 0.3) is 0 Å². The third kappa shape index (κ3) is 3.82. The van der Waals surface area contributed by atoms with E-state index in [1.807, 2.05) is 63.2 Å². The molecule has 4 heteroatoms. The SMILES string of the molecule is Cc1cc(C)c(C(=O)OC(C)C(=O)N(C)c2ccccc2)c(C)c1. The van der Waals surface area contributed by atoms with Gasteiger partial charge in [-0.2, -0.15) is 0 Å². The molecule has 0 aliphatic rings. The first kappa shape index (κ1) is 17.7. The summed E-state index contributed by atoms with van der Waals surface area (Å²) in [5, 5.41) is 0. The first-order valence-corrected chi connectivity index (χ1v) is 7.92. The van der Waals surface area contributed by atoms with Crippen molar-refractivity contribution in [1.29, 1.82) is 0 Å². The molecule has 0 saturated carbocycles. The Bertz CT molecular complexity index is 730. The zero-order valence-corrected chi connectivity index (χ0v) is 14.8. The number of benzene rings is 2. The number of rotatable bonds is 4. The van der Waals surface area contributed by atoms with Gasteiger partial charge in [0.1, 0.15) is 0 Å². The molecule has 0 aromatic heterocycles. The number of aryl methyl sites for hydroxylation is 3. The quantitative estimate of drug-likeness (QED) is 0.803. The second-order valence-corrected chi connectivity index (χ2v) is 6.05. The highest BCUT2D eigenvalue weighted by Crippen LogP contribution is 2.19. The van der Waals surface area contributed by atoms with Gasteiger partial charge in [-0.05, 0) is 51.0 Å². The van der Waals surface area contributed by atoms with Crippen LogP contribution in [0.1, 0.15) is 34.0 Å². The number of hydrogen-bond acceptors (Lipinski definition) is 3. The van der Waals surface area contributed by atoms with Crippen LogP contribution in [0.15, 0.2) is 42.5 Å². The zero-order valence-electron chi connectivity index (χ0n) is 14.8. The van der Waals surface area contributed by atoms with Crippen molar-refractivity contribution >= 4 is 17.6 Å². The third-order valence-corrected chi connectivity index (χ3v) is 3.99. The Hall–Kier alpha value is -2.62. The van der Waals surface area contributed by atoms with Gasteiger partial charge in [0, 0.05) is 12.7 Å². The summed E-state index contributed by atoms with van der Waals surface area (Å²) in [4.78, 5) is 26.5. The molecule has 0 bridgehead atoms. The van der Waals surface area contributed by atoms with Gasteiger partial charge in [0.05, 0.1) is 5.56 Å². The lowest BCUT2D eigenvalue weighted by molar-refractivity contribution is -0.126. The molecule has 4 nitrogen and oxygen atoms in total. The number of hydrogen-bond donors (Lipinski definition) is 0. The van der Waals surface area contributed by atoms with E-state index in [4.69, 9.17) is 4.74 Å². The summed E-state index contributed by atoms with van der Waals surface area (Å²) in [6.07, 6.45) is -0.859. The molecule has 0 fully saturated rings. The predicted octanol–water partition coefficient (Wildman–Crippen LogP) is 3.82. The second-order valence-electron chi connectivity index (χ2n) is 6.05. The standard InChI is InChI=1S/C20H23NO3/c1-13-11-14(2)18(15(3)12-13)20(23)24-16(4)19(22)21(5)17-9-7-6-8-10-17/h6-12,16H,1-5H3. The Kier molecular flexibility index (Phi) is 5.39. The Labute approximate surface area is 143 Å². The number of nitrogens with zero attached hydrogens (tertiary/aromatic N) is 1. The first-order chi connectivity index (χ1) is 11.3. The molecule has 0 aliphatic heterocycles. The highest BCUT2D eigenvalue weighted by Gasteiger charge is 2.24. The van der Waals surface area contributed by atoms with Gasteiger partial charge in [-0.15, -0.1) is 0 Å². The van der Waals surface area contributed by atoms with Crippen LogP contribution in [0, 0.1) is 20.8 Å². The van der Waals surface area contributed by atoms with Crippen LogP contribution in [-0.4, -0.2) is 25.0 Å². The monoisotopic (exact) mass is 325 g/mol. The number of anilines is 1. The largest absolute Gasteiger partial charge is 0.449 e. The van der Waals surface area contributed by atoms with Crippen molar-refractivity contribution in [3.8, 4) is 0 Å². The van der Waals surface area contributed by atoms with E-state index >= 15 is 0 Å². The van der Waals surface area contributed by atoms with Crippen molar-refractivity contribution < 1.29 is 14.3 Å². The number of para-hydroxylation sites is 1. The molecule has 0 saturated heterocycles. The minimum absolute atomic E-state index is 0.267. The second kappa shape index (κ2) is 7.30. The fourth-order valence-electron chi connectivity index (χ4n) is 2.82. The molecule has 2 aromatic carbocycles. The molecular formula is C20H23NO3. The summed E-state index contributed by atoms with van der Waals surface area (Å²) in [5.74, 6) is -0.732. The molecule has 0 heterocycles. The van der Waals surface area contributed by atoms with Crippen LogP contribution in [0.3, 0.4) is 0 Å². The number of esters is 1. The Morgan fingerprint density at radius 1 is 1.00 bits per heavy atom. The average molecular weight is 325 g/mol. The maximum atomic E-state index is 12.5. The van der Waals surface area contributed by atoms with E-state index in [1.54, 1.807) is 14.0 Å². The van der Waals surface area contributed by atoms with Crippen LogP contribution in [-0.2, 0) is 9.53 Å². The van der Waals surface area contributed by atoms with Gasteiger partial charge >= 0.3 is 5.97 Å². The molecule has 2 rings (SSSR count). The predicted molar refractivity (Wildman–Crippen MR) is 95.4 cm³/mol. The van der Waals surface area contributed by atoms with E-state index in [0.29, 0.717) is 5.56 Å². The van der Waals surface area contributed by atoms with Crippen molar-refractivity contribution in [2.45, 2.75) is 33.8 Å². The highest BCUT2D eigenvalue weighted by molar-refractivity contribution is 5.99.